The van der Waals surface area contributed by atoms with Crippen LogP contribution in [0.4, 0.5) is 0 Å². The van der Waals surface area contributed by atoms with Crippen molar-refractivity contribution in [2.24, 2.45) is 29.6 Å². The number of fused-ring (bicyclic) bond motifs is 10. The number of rotatable bonds is 4. The Hall–Kier alpha value is -6.50. The van der Waals surface area contributed by atoms with E-state index in [9.17, 15) is 0 Å². The molecule has 0 amide bonds. The van der Waals surface area contributed by atoms with Gasteiger partial charge in [0.1, 0.15) is 0 Å². The van der Waals surface area contributed by atoms with E-state index in [0.717, 1.165) is 29.6 Å². The first-order chi connectivity index (χ1) is 30.2. The Balaban J connectivity index is 0.943. The molecule has 0 heterocycles. The first-order valence-electron chi connectivity index (χ1n) is 22.8. The topological polar surface area (TPSA) is 0 Å². The molecular weight excluding hydrogens is 733 g/mol. The Kier molecular flexibility index (Phi) is 7.30. The zero-order valence-corrected chi connectivity index (χ0v) is 34.3. The zero-order valence-electron chi connectivity index (χ0n) is 34.3. The predicted octanol–water partition coefficient (Wildman–Crippen LogP) is 16.6. The average molecular weight is 779 g/mol. The largest absolute Gasteiger partial charge is 0.0616 e. The molecule has 0 saturated heterocycles. The second-order valence-electron chi connectivity index (χ2n) is 19.1. The Labute approximate surface area is 357 Å². The summed E-state index contributed by atoms with van der Waals surface area (Å²) in [6, 6.07) is 69.5. The van der Waals surface area contributed by atoms with Crippen LogP contribution in [0.5, 0.6) is 0 Å². The highest BCUT2D eigenvalue weighted by atomic mass is 14.6. The van der Waals surface area contributed by atoms with Gasteiger partial charge in [0.25, 0.3) is 0 Å². The molecule has 5 aliphatic rings. The van der Waals surface area contributed by atoms with Crippen molar-refractivity contribution in [2.45, 2.75) is 38.0 Å². The lowest BCUT2D eigenvalue weighted by Gasteiger charge is -2.56. The minimum Gasteiger partial charge on any atom is -0.0616 e. The number of hydrogen-bond acceptors (Lipinski definition) is 0. The van der Waals surface area contributed by atoms with Crippen LogP contribution in [-0.2, 0) is 0 Å². The molecule has 10 aromatic rings. The molecule has 0 spiro atoms. The first-order valence-corrected chi connectivity index (χ1v) is 22.8. The fourth-order valence-corrected chi connectivity index (χ4v) is 14.0. The summed E-state index contributed by atoms with van der Waals surface area (Å²) < 4.78 is 0. The average Bonchev–Trinajstić information content (AvgIpc) is 3.64. The van der Waals surface area contributed by atoms with Crippen molar-refractivity contribution < 1.29 is 0 Å². The summed E-state index contributed by atoms with van der Waals surface area (Å²) in [4.78, 5) is 0. The van der Waals surface area contributed by atoms with Crippen LogP contribution in [0, 0.1) is 29.6 Å². The summed E-state index contributed by atoms with van der Waals surface area (Å²) >= 11 is 0. The highest BCUT2D eigenvalue weighted by Gasteiger charge is 2.52. The van der Waals surface area contributed by atoms with Crippen molar-refractivity contribution in [3.63, 3.8) is 0 Å². The Morgan fingerprint density at radius 3 is 1.44 bits per heavy atom. The van der Waals surface area contributed by atoms with Gasteiger partial charge in [0, 0.05) is 5.92 Å². The van der Waals surface area contributed by atoms with E-state index in [2.05, 4.69) is 182 Å². The lowest BCUT2D eigenvalue weighted by molar-refractivity contribution is -0.0424. The maximum absolute atomic E-state index is 2.60. The highest BCUT2D eigenvalue weighted by molar-refractivity contribution is 6.22. The van der Waals surface area contributed by atoms with Crippen LogP contribution in [0.25, 0.3) is 98.4 Å². The molecular formula is C61H46. The summed E-state index contributed by atoms with van der Waals surface area (Å²) in [5.74, 6) is 4.94. The van der Waals surface area contributed by atoms with Crippen molar-refractivity contribution >= 4 is 53.9 Å². The lowest BCUT2D eigenvalue weighted by Crippen LogP contribution is -2.47. The molecule has 61 heavy (non-hydrogen) atoms. The molecule has 0 aliphatic heterocycles. The first kappa shape index (κ1) is 34.2. The molecule has 10 aromatic carbocycles. The van der Waals surface area contributed by atoms with Gasteiger partial charge in [0.05, 0.1) is 0 Å². The maximum Gasteiger partial charge on any atom is 0.0135 e. The van der Waals surface area contributed by atoms with E-state index in [0.29, 0.717) is 5.92 Å². The van der Waals surface area contributed by atoms with E-state index < -0.39 is 0 Å². The minimum absolute atomic E-state index is 0.491. The molecule has 4 fully saturated rings. The third kappa shape index (κ3) is 5.00. The summed E-state index contributed by atoms with van der Waals surface area (Å²) in [6.07, 6.45) is 7.33. The van der Waals surface area contributed by atoms with Crippen molar-refractivity contribution in [3.8, 4) is 44.5 Å². The molecule has 4 saturated carbocycles. The van der Waals surface area contributed by atoms with Crippen LogP contribution in [0.1, 0.15) is 49.1 Å². The quantitative estimate of drug-likeness (QED) is 0.123. The van der Waals surface area contributed by atoms with Gasteiger partial charge in [-0.05, 0) is 183 Å². The van der Waals surface area contributed by atoms with Crippen LogP contribution < -0.4 is 0 Å². The molecule has 0 aromatic heterocycles. The van der Waals surface area contributed by atoms with Gasteiger partial charge >= 0.3 is 0 Å². The Morgan fingerprint density at radius 2 is 0.787 bits per heavy atom. The third-order valence-corrected chi connectivity index (χ3v) is 16.1. The van der Waals surface area contributed by atoms with Gasteiger partial charge in [0.2, 0.25) is 0 Å². The summed E-state index contributed by atoms with van der Waals surface area (Å²) in [7, 11) is 0. The molecule has 1 atom stereocenters. The van der Waals surface area contributed by atoms with Crippen molar-refractivity contribution in [1.82, 2.24) is 0 Å². The molecule has 0 nitrogen and oxygen atoms in total. The number of benzene rings is 10. The van der Waals surface area contributed by atoms with E-state index in [1.807, 2.05) is 0 Å². The minimum atomic E-state index is 0.491. The van der Waals surface area contributed by atoms with E-state index >= 15 is 0 Å². The van der Waals surface area contributed by atoms with Gasteiger partial charge in [-0.25, -0.2) is 0 Å². The summed E-state index contributed by atoms with van der Waals surface area (Å²) in [5.41, 5.74) is 13.9. The normalized spacial score (nSPS) is 22.4. The standard InChI is InChI=1S/C61H46/c1-4-14-46-38(11-1)25-28-54-60(46)56-35-42(26-27-53(56)61(54)57-43-30-36-29-37(32-43)33-44(57)31-36)59-51-19-9-7-17-49(51)58(50-18-8-10-20-52(50)59)40-23-21-39(22-24-40)55-34-41-12-2-3-13-45(41)47-15-5-6-16-48(47)55/h1-28,34-37,43-44,57,61H,29-33H2. The second-order valence-corrected chi connectivity index (χ2v) is 19.1. The Morgan fingerprint density at radius 1 is 0.295 bits per heavy atom. The summed E-state index contributed by atoms with van der Waals surface area (Å²) in [6.45, 7) is 0. The monoisotopic (exact) mass is 778 g/mol. The molecule has 5 aliphatic carbocycles. The molecule has 0 radical (unpaired) electrons. The van der Waals surface area contributed by atoms with Crippen LogP contribution in [0.15, 0.2) is 182 Å². The van der Waals surface area contributed by atoms with Gasteiger partial charge < -0.3 is 0 Å². The van der Waals surface area contributed by atoms with E-state index in [1.165, 1.54) is 130 Å². The smallest absolute Gasteiger partial charge is 0.0135 e. The van der Waals surface area contributed by atoms with Gasteiger partial charge in [-0.15, -0.1) is 0 Å². The lowest BCUT2D eigenvalue weighted by atomic mass is 9.49. The summed E-state index contributed by atoms with van der Waals surface area (Å²) in [5, 5.41) is 13.2. The van der Waals surface area contributed by atoms with Crippen LogP contribution in [-0.4, -0.2) is 0 Å². The van der Waals surface area contributed by atoms with Crippen LogP contribution in [0.3, 0.4) is 0 Å². The SMILES string of the molecule is c1ccc2c3c(ccc2c1)C(C1C2CC4CC(C2)CC1C4)c1ccc(-c2c4ccccc4c(-c4ccc(-c5cc6ccccc6c6ccccc56)cc4)c4ccccc24)cc1-3. The van der Waals surface area contributed by atoms with Crippen molar-refractivity contribution in [3.05, 3.63) is 193 Å². The zero-order chi connectivity index (χ0) is 39.8. The second kappa shape index (κ2) is 13.0. The molecule has 4 bridgehead atoms. The van der Waals surface area contributed by atoms with Gasteiger partial charge in [-0.2, -0.15) is 0 Å². The molecule has 290 valence electrons. The highest BCUT2D eigenvalue weighted by Crippen LogP contribution is 2.64. The molecule has 15 rings (SSSR count). The van der Waals surface area contributed by atoms with E-state index in [1.54, 1.807) is 11.1 Å². The van der Waals surface area contributed by atoms with Crippen LogP contribution >= 0.6 is 0 Å². The molecule has 0 N–H and O–H groups in total. The molecule has 1 unspecified atom stereocenters. The van der Waals surface area contributed by atoms with Gasteiger partial charge in [0.15, 0.2) is 0 Å². The van der Waals surface area contributed by atoms with Crippen molar-refractivity contribution in [1.29, 1.82) is 0 Å². The fourth-order valence-electron chi connectivity index (χ4n) is 14.0. The van der Waals surface area contributed by atoms with E-state index in [-0.39, 0.29) is 0 Å². The fraction of sp³-hybridized carbons (Fsp3) is 0.180. The van der Waals surface area contributed by atoms with E-state index in [4.69, 9.17) is 0 Å². The van der Waals surface area contributed by atoms with Gasteiger partial charge in [-0.1, -0.05) is 170 Å². The predicted molar refractivity (Wildman–Crippen MR) is 258 cm³/mol. The Bertz CT molecular complexity index is 3350. The molecule has 0 heteroatoms. The maximum atomic E-state index is 2.60. The van der Waals surface area contributed by atoms with Gasteiger partial charge in [-0.3, -0.25) is 0 Å². The third-order valence-electron chi connectivity index (χ3n) is 16.1. The van der Waals surface area contributed by atoms with Crippen LogP contribution in [0.2, 0.25) is 0 Å². The number of hydrogen-bond donors (Lipinski definition) is 0. The van der Waals surface area contributed by atoms with Crippen molar-refractivity contribution in [2.75, 3.05) is 0 Å².